The van der Waals surface area contributed by atoms with Crippen molar-refractivity contribution in [3.63, 3.8) is 0 Å². The first-order valence-electron chi connectivity index (χ1n) is 9.40. The molecule has 0 aliphatic carbocycles. The maximum Gasteiger partial charge on any atom is 0.264 e. The van der Waals surface area contributed by atoms with Crippen LogP contribution >= 0.6 is 80.8 Å². The number of rotatable bonds is 5. The van der Waals surface area contributed by atoms with E-state index in [1.54, 1.807) is 36.4 Å². The summed E-state index contributed by atoms with van der Waals surface area (Å²) in [5, 5.41) is 5.05. The van der Waals surface area contributed by atoms with Crippen molar-refractivity contribution in [3.8, 4) is 5.75 Å². The number of hydrogen-bond donors (Lipinski definition) is 1. The summed E-state index contributed by atoms with van der Waals surface area (Å²) in [6.45, 7) is 0.316. The topological polar surface area (TPSA) is 50.7 Å². The molecule has 0 saturated carbocycles. The molecule has 0 radical (unpaired) electrons. The molecule has 1 N–H and O–H groups in total. The van der Waals surface area contributed by atoms with Gasteiger partial charge in [-0.2, -0.15) is 0 Å². The molecule has 1 aliphatic rings. The lowest BCUT2D eigenvalue weighted by Gasteiger charge is -2.10. The van der Waals surface area contributed by atoms with Gasteiger partial charge in [-0.3, -0.25) is 4.79 Å². The summed E-state index contributed by atoms with van der Waals surface area (Å²) >= 11 is 27.8. The zero-order valence-corrected chi connectivity index (χ0v) is 22.5. The molecule has 33 heavy (non-hydrogen) atoms. The molecule has 1 saturated heterocycles. The maximum absolute atomic E-state index is 12.4. The Morgan fingerprint density at radius 1 is 1.03 bits per heavy atom. The van der Waals surface area contributed by atoms with E-state index >= 15 is 0 Å². The molecule has 1 amide bonds. The molecule has 1 aliphatic heterocycles. The average molecular weight is 650 g/mol. The lowest BCUT2D eigenvalue weighted by molar-refractivity contribution is -0.115. The van der Waals surface area contributed by atoms with Crippen molar-refractivity contribution in [2.45, 2.75) is 6.61 Å². The smallest absolute Gasteiger partial charge is 0.264 e. The molecular formula is C23H13Cl4IN2O2S. The number of nitrogens with one attached hydrogen (secondary N) is 1. The van der Waals surface area contributed by atoms with E-state index in [4.69, 9.17) is 51.1 Å². The Bertz CT molecular complexity index is 1310. The Morgan fingerprint density at radius 3 is 2.61 bits per heavy atom. The van der Waals surface area contributed by atoms with E-state index in [1.807, 2.05) is 24.3 Å². The highest BCUT2D eigenvalue weighted by Crippen LogP contribution is 2.35. The fourth-order valence-electron chi connectivity index (χ4n) is 2.84. The molecule has 0 bridgehead atoms. The number of amides is 1. The van der Waals surface area contributed by atoms with Crippen molar-refractivity contribution >= 4 is 104 Å². The third-order valence-electron chi connectivity index (χ3n) is 4.46. The van der Waals surface area contributed by atoms with Gasteiger partial charge in [-0.15, -0.1) is 0 Å². The van der Waals surface area contributed by atoms with Crippen molar-refractivity contribution in [1.82, 2.24) is 5.32 Å². The summed E-state index contributed by atoms with van der Waals surface area (Å²) in [6.07, 6.45) is 1.80. The second kappa shape index (κ2) is 10.9. The zero-order chi connectivity index (χ0) is 23.5. The highest BCUT2D eigenvalue weighted by molar-refractivity contribution is 14.1. The predicted octanol–water partition coefficient (Wildman–Crippen LogP) is 8.38. The minimum atomic E-state index is -0.232. The number of benzene rings is 3. The first kappa shape index (κ1) is 24.7. The van der Waals surface area contributed by atoms with Crippen LogP contribution in [0.25, 0.3) is 6.08 Å². The minimum Gasteiger partial charge on any atom is -0.488 e. The van der Waals surface area contributed by atoms with Gasteiger partial charge in [-0.1, -0.05) is 64.6 Å². The molecule has 1 heterocycles. The van der Waals surface area contributed by atoms with Crippen LogP contribution in [0.2, 0.25) is 20.1 Å². The number of hydrogen-bond acceptors (Lipinski definition) is 4. The molecule has 168 valence electrons. The van der Waals surface area contributed by atoms with Gasteiger partial charge in [0.25, 0.3) is 5.91 Å². The van der Waals surface area contributed by atoms with Crippen molar-refractivity contribution in [1.29, 1.82) is 0 Å². The Kier molecular flexibility index (Phi) is 8.15. The van der Waals surface area contributed by atoms with Gasteiger partial charge >= 0.3 is 0 Å². The van der Waals surface area contributed by atoms with E-state index in [2.05, 4.69) is 32.9 Å². The van der Waals surface area contributed by atoms with Gasteiger partial charge in [0.05, 0.1) is 24.2 Å². The van der Waals surface area contributed by atoms with E-state index in [9.17, 15) is 4.79 Å². The van der Waals surface area contributed by atoms with E-state index < -0.39 is 0 Å². The Balaban J connectivity index is 1.47. The van der Waals surface area contributed by atoms with Crippen LogP contribution in [-0.2, 0) is 11.4 Å². The fraction of sp³-hybridized carbons (Fsp3) is 0.0435. The van der Waals surface area contributed by atoms with Gasteiger partial charge in [-0.25, -0.2) is 4.99 Å². The molecule has 1 fully saturated rings. The molecule has 4 nitrogen and oxygen atoms in total. The number of carbonyl (C=O) groups is 1. The number of amidine groups is 1. The quantitative estimate of drug-likeness (QED) is 0.223. The van der Waals surface area contributed by atoms with Crippen LogP contribution in [0.4, 0.5) is 5.69 Å². The van der Waals surface area contributed by atoms with E-state index in [1.165, 1.54) is 11.8 Å². The summed E-state index contributed by atoms with van der Waals surface area (Å²) in [6, 6.07) is 16.1. The summed E-state index contributed by atoms with van der Waals surface area (Å²) < 4.78 is 6.81. The number of halogens is 5. The van der Waals surface area contributed by atoms with Crippen LogP contribution in [0.15, 0.2) is 64.5 Å². The van der Waals surface area contributed by atoms with Crippen molar-refractivity contribution in [3.05, 3.63) is 94.3 Å². The van der Waals surface area contributed by atoms with Crippen LogP contribution in [0.5, 0.6) is 5.75 Å². The predicted molar refractivity (Wildman–Crippen MR) is 147 cm³/mol. The van der Waals surface area contributed by atoms with Crippen LogP contribution < -0.4 is 10.1 Å². The van der Waals surface area contributed by atoms with Crippen molar-refractivity contribution in [2.24, 2.45) is 4.99 Å². The number of thioether (sulfide) groups is 1. The number of nitrogens with zero attached hydrogens (tertiary/aromatic N) is 1. The van der Waals surface area contributed by atoms with Gasteiger partial charge in [0.2, 0.25) is 0 Å². The molecular weight excluding hydrogens is 637 g/mol. The van der Waals surface area contributed by atoms with Crippen molar-refractivity contribution in [2.75, 3.05) is 0 Å². The number of carbonyl (C=O) groups excluding carboxylic acids is 1. The molecule has 3 aromatic rings. The van der Waals surface area contributed by atoms with Gasteiger partial charge in [0, 0.05) is 15.6 Å². The van der Waals surface area contributed by atoms with Gasteiger partial charge in [0.1, 0.15) is 12.4 Å². The monoisotopic (exact) mass is 648 g/mol. The number of aliphatic imine (C=N–C) groups is 1. The van der Waals surface area contributed by atoms with Crippen molar-refractivity contribution < 1.29 is 9.53 Å². The lowest BCUT2D eigenvalue weighted by atomic mass is 10.2. The van der Waals surface area contributed by atoms with Gasteiger partial charge in [-0.05, 0) is 82.4 Å². The molecule has 10 heteroatoms. The first-order valence-corrected chi connectivity index (χ1v) is 12.8. The average Bonchev–Trinajstić information content (AvgIpc) is 3.10. The molecule has 0 atom stereocenters. The molecule has 0 spiro atoms. The van der Waals surface area contributed by atoms with E-state index in [-0.39, 0.29) is 5.91 Å². The SMILES string of the molecule is O=C1NC(=Nc2cccc(Cl)c2Cl)S/C1=C/c1ccc(OCc2ccc(Cl)cc2Cl)c(I)c1. The fourth-order valence-corrected chi connectivity index (χ4v) is 5.17. The van der Waals surface area contributed by atoms with Crippen LogP contribution in [-0.4, -0.2) is 11.1 Å². The molecule has 4 rings (SSSR count). The maximum atomic E-state index is 12.4. The Morgan fingerprint density at radius 2 is 1.85 bits per heavy atom. The second-order valence-corrected chi connectivity index (χ2v) is 10.6. The first-order chi connectivity index (χ1) is 15.8. The Labute approximate surface area is 228 Å². The molecule has 0 unspecified atom stereocenters. The Hall–Kier alpha value is -1.42. The summed E-state index contributed by atoms with van der Waals surface area (Å²) in [5.74, 6) is 0.481. The van der Waals surface area contributed by atoms with Gasteiger partial charge < -0.3 is 10.1 Å². The van der Waals surface area contributed by atoms with E-state index in [0.717, 1.165) is 14.7 Å². The van der Waals surface area contributed by atoms with Crippen LogP contribution in [0.1, 0.15) is 11.1 Å². The lowest BCUT2D eigenvalue weighted by Crippen LogP contribution is -2.19. The molecule has 3 aromatic carbocycles. The highest BCUT2D eigenvalue weighted by Gasteiger charge is 2.24. The zero-order valence-electron chi connectivity index (χ0n) is 16.5. The minimum absolute atomic E-state index is 0.232. The van der Waals surface area contributed by atoms with Gasteiger partial charge in [0.15, 0.2) is 5.17 Å². The van der Waals surface area contributed by atoms with Crippen LogP contribution in [0, 0.1) is 3.57 Å². The third kappa shape index (κ3) is 6.18. The summed E-state index contributed by atoms with van der Waals surface area (Å²) in [5.41, 5.74) is 2.19. The second-order valence-electron chi connectivity index (χ2n) is 6.77. The standard InChI is InChI=1S/C23H13Cl4IN2O2S/c24-14-6-5-13(16(26)10-14)11-32-19-7-4-12(8-17(19)28)9-20-22(31)30-23(33-20)29-18-3-1-2-15(25)21(18)27/h1-10H,11H2,(H,29,30,31)/b20-9+. The highest BCUT2D eigenvalue weighted by atomic mass is 127. The number of ether oxygens (including phenoxy) is 1. The normalized spacial score (nSPS) is 15.8. The summed E-state index contributed by atoms with van der Waals surface area (Å²) in [4.78, 5) is 17.3. The largest absolute Gasteiger partial charge is 0.488 e. The molecule has 0 aromatic heterocycles. The third-order valence-corrected chi connectivity index (χ3v) is 7.60. The summed E-state index contributed by atoms with van der Waals surface area (Å²) in [7, 11) is 0. The van der Waals surface area contributed by atoms with Crippen LogP contribution in [0.3, 0.4) is 0 Å². The van der Waals surface area contributed by atoms with E-state index in [0.29, 0.717) is 48.2 Å².